The molecule has 2 fully saturated rings. The molecule has 0 aromatic carbocycles. The zero-order valence-electron chi connectivity index (χ0n) is 16.9. The first kappa shape index (κ1) is 19.1. The van der Waals surface area contributed by atoms with Crippen LogP contribution in [0.2, 0.25) is 0 Å². The first-order valence-corrected chi connectivity index (χ1v) is 11.3. The molecule has 0 radical (unpaired) electrons. The average Bonchev–Trinajstić information content (AvgIpc) is 3.11. The predicted octanol–water partition coefficient (Wildman–Crippen LogP) is 5.19. The number of hydrogen-bond acceptors (Lipinski definition) is 4. The largest absolute Gasteiger partial charge is 0.378 e. The van der Waals surface area contributed by atoms with Gasteiger partial charge in [-0.1, -0.05) is 12.1 Å². The number of nitrogens with zero attached hydrogens (tertiary/aromatic N) is 2. The summed E-state index contributed by atoms with van der Waals surface area (Å²) in [7, 11) is 0. The molecule has 0 N–H and O–H groups in total. The van der Waals surface area contributed by atoms with Crippen molar-refractivity contribution in [3.8, 4) is 0 Å². The maximum Gasteiger partial charge on any atom is 0.0615 e. The summed E-state index contributed by atoms with van der Waals surface area (Å²) in [6, 6.07) is 8.91. The lowest BCUT2D eigenvalue weighted by Gasteiger charge is -2.37. The summed E-state index contributed by atoms with van der Waals surface area (Å²) in [4.78, 5) is 8.83. The zero-order chi connectivity index (χ0) is 18.9. The highest BCUT2D eigenvalue weighted by atomic mass is 32.1. The Morgan fingerprint density at radius 1 is 1.26 bits per heavy atom. The Balaban J connectivity index is 1.52. The smallest absolute Gasteiger partial charge is 0.0615 e. The highest BCUT2D eigenvalue weighted by molar-refractivity contribution is 7.09. The van der Waals surface area contributed by atoms with E-state index in [1.807, 2.05) is 11.3 Å². The lowest BCUT2D eigenvalue weighted by Crippen LogP contribution is -2.41. The topological polar surface area (TPSA) is 25.4 Å². The van der Waals surface area contributed by atoms with Crippen LogP contribution in [0.4, 0.5) is 0 Å². The van der Waals surface area contributed by atoms with Gasteiger partial charge in [0.25, 0.3) is 0 Å². The second-order valence-corrected chi connectivity index (χ2v) is 9.46. The Hall–Kier alpha value is -1.23. The minimum absolute atomic E-state index is 0.233. The van der Waals surface area contributed by atoms with Gasteiger partial charge in [-0.2, -0.15) is 0 Å². The minimum atomic E-state index is 0.233. The monoisotopic (exact) mass is 384 g/mol. The van der Waals surface area contributed by atoms with E-state index in [2.05, 4.69) is 66.5 Å². The lowest BCUT2D eigenvalue weighted by atomic mass is 9.77. The molecule has 1 saturated heterocycles. The first-order chi connectivity index (χ1) is 13.1. The molecule has 2 atom stereocenters. The van der Waals surface area contributed by atoms with Gasteiger partial charge in [-0.25, -0.2) is 0 Å². The van der Waals surface area contributed by atoms with E-state index in [4.69, 9.17) is 4.74 Å². The fraction of sp³-hybridized carbons (Fsp3) is 0.609. The van der Waals surface area contributed by atoms with E-state index in [0.29, 0.717) is 6.10 Å². The van der Waals surface area contributed by atoms with E-state index in [9.17, 15) is 0 Å². The van der Waals surface area contributed by atoms with Crippen molar-refractivity contribution >= 4 is 11.3 Å². The third-order valence-electron chi connectivity index (χ3n) is 6.89. The molecule has 27 heavy (non-hydrogen) atoms. The van der Waals surface area contributed by atoms with Crippen LogP contribution in [0.5, 0.6) is 0 Å². The van der Waals surface area contributed by atoms with Crippen LogP contribution in [-0.4, -0.2) is 35.7 Å². The number of pyridine rings is 1. The summed E-state index contributed by atoms with van der Waals surface area (Å²) in [6.45, 7) is 9.61. The molecule has 1 unspecified atom stereocenters. The summed E-state index contributed by atoms with van der Waals surface area (Å²) >= 11 is 1.88. The van der Waals surface area contributed by atoms with E-state index in [0.717, 1.165) is 18.8 Å². The van der Waals surface area contributed by atoms with Crippen LogP contribution >= 0.6 is 11.3 Å². The van der Waals surface area contributed by atoms with Crippen LogP contribution in [0.25, 0.3) is 0 Å². The van der Waals surface area contributed by atoms with Gasteiger partial charge >= 0.3 is 0 Å². The molecule has 3 nitrogen and oxygen atoms in total. The van der Waals surface area contributed by atoms with Gasteiger partial charge in [-0.05, 0) is 82.5 Å². The molecule has 146 valence electrons. The fourth-order valence-electron chi connectivity index (χ4n) is 4.90. The van der Waals surface area contributed by atoms with Crippen LogP contribution in [0.15, 0.2) is 35.8 Å². The van der Waals surface area contributed by atoms with Crippen LogP contribution in [0.1, 0.15) is 55.7 Å². The number of thiophene rings is 1. The SMILES string of the molecule is CCO[C@H](C)C1(CCc2cccs2)CCN(C2(c3ccc(C)nc3)CC2)C1. The highest BCUT2D eigenvalue weighted by Crippen LogP contribution is 2.55. The lowest BCUT2D eigenvalue weighted by molar-refractivity contribution is -0.0267. The molecule has 1 aliphatic heterocycles. The van der Waals surface area contributed by atoms with Crippen LogP contribution in [0.3, 0.4) is 0 Å². The summed E-state index contributed by atoms with van der Waals surface area (Å²) in [5, 5.41) is 2.19. The minimum Gasteiger partial charge on any atom is -0.378 e. The third-order valence-corrected chi connectivity index (χ3v) is 7.83. The normalized spacial score (nSPS) is 25.6. The van der Waals surface area contributed by atoms with Gasteiger partial charge in [0.1, 0.15) is 0 Å². The van der Waals surface area contributed by atoms with Crippen molar-refractivity contribution in [3.05, 3.63) is 52.0 Å². The zero-order valence-corrected chi connectivity index (χ0v) is 17.7. The van der Waals surface area contributed by atoms with Crippen molar-refractivity contribution in [1.29, 1.82) is 0 Å². The van der Waals surface area contributed by atoms with E-state index >= 15 is 0 Å². The summed E-state index contributed by atoms with van der Waals surface area (Å²) < 4.78 is 6.17. The molecule has 2 aromatic rings. The molecule has 4 rings (SSSR count). The maximum absolute atomic E-state index is 6.17. The maximum atomic E-state index is 6.17. The predicted molar refractivity (Wildman–Crippen MR) is 112 cm³/mol. The molecule has 0 amide bonds. The van der Waals surface area contributed by atoms with Crippen LogP contribution < -0.4 is 0 Å². The van der Waals surface area contributed by atoms with E-state index in [1.165, 1.54) is 49.1 Å². The summed E-state index contributed by atoms with van der Waals surface area (Å²) in [6.07, 6.45) is 8.57. The Bertz CT molecular complexity index is 738. The van der Waals surface area contributed by atoms with Crippen molar-refractivity contribution in [3.63, 3.8) is 0 Å². The molecule has 0 bridgehead atoms. The third kappa shape index (κ3) is 3.72. The fourth-order valence-corrected chi connectivity index (χ4v) is 5.61. The Morgan fingerprint density at radius 2 is 2.11 bits per heavy atom. The molecule has 2 aromatic heterocycles. The van der Waals surface area contributed by atoms with Crippen molar-refractivity contribution in [2.45, 2.75) is 64.5 Å². The van der Waals surface area contributed by atoms with Crippen LogP contribution in [0, 0.1) is 12.3 Å². The quantitative estimate of drug-likeness (QED) is 0.626. The Labute approximate surface area is 167 Å². The molecule has 3 heterocycles. The molecule has 2 aliphatic rings. The van der Waals surface area contributed by atoms with Crippen molar-refractivity contribution in [1.82, 2.24) is 9.88 Å². The molecule has 0 spiro atoms. The standard InChI is InChI=1S/C23H32N2OS/c1-4-26-19(3)22(10-9-21-6-5-15-27-21)13-14-25(17-22)23(11-12-23)20-8-7-18(2)24-16-20/h5-8,15-16,19H,4,9-14,17H2,1-3H3/t19-,22?/m1/s1. The van der Waals surface area contributed by atoms with E-state index in [-0.39, 0.29) is 11.0 Å². The van der Waals surface area contributed by atoms with Crippen LogP contribution in [-0.2, 0) is 16.7 Å². The number of aromatic nitrogens is 1. The van der Waals surface area contributed by atoms with Gasteiger partial charge in [-0.3, -0.25) is 9.88 Å². The van der Waals surface area contributed by atoms with Gasteiger partial charge in [-0.15, -0.1) is 11.3 Å². The highest BCUT2D eigenvalue weighted by Gasteiger charge is 2.55. The van der Waals surface area contributed by atoms with Gasteiger partial charge in [0, 0.05) is 40.9 Å². The Kier molecular flexibility index (Phi) is 5.41. The first-order valence-electron chi connectivity index (χ1n) is 10.4. The second-order valence-electron chi connectivity index (χ2n) is 8.43. The van der Waals surface area contributed by atoms with Gasteiger partial charge in [0.15, 0.2) is 0 Å². The summed E-state index contributed by atoms with van der Waals surface area (Å²) in [5.74, 6) is 0. The number of rotatable bonds is 8. The molecule has 4 heteroatoms. The molecule has 1 aliphatic carbocycles. The summed E-state index contributed by atoms with van der Waals surface area (Å²) in [5.41, 5.74) is 3.00. The van der Waals surface area contributed by atoms with Crippen molar-refractivity contribution in [2.75, 3.05) is 19.7 Å². The van der Waals surface area contributed by atoms with Gasteiger partial charge in [0.2, 0.25) is 0 Å². The van der Waals surface area contributed by atoms with Crippen molar-refractivity contribution < 1.29 is 4.74 Å². The second kappa shape index (κ2) is 7.65. The van der Waals surface area contributed by atoms with Gasteiger partial charge in [0.05, 0.1) is 6.10 Å². The molecule has 1 saturated carbocycles. The number of aryl methyl sites for hydroxylation is 2. The Morgan fingerprint density at radius 3 is 2.74 bits per heavy atom. The molecular weight excluding hydrogens is 352 g/mol. The molecular formula is C23H32N2OS. The van der Waals surface area contributed by atoms with E-state index in [1.54, 1.807) is 0 Å². The number of likely N-dealkylation sites (tertiary alicyclic amines) is 1. The van der Waals surface area contributed by atoms with Crippen molar-refractivity contribution in [2.24, 2.45) is 5.41 Å². The van der Waals surface area contributed by atoms with Gasteiger partial charge < -0.3 is 4.74 Å². The van der Waals surface area contributed by atoms with E-state index < -0.39 is 0 Å². The number of ether oxygens (including phenoxy) is 1. The average molecular weight is 385 g/mol. The number of hydrogen-bond donors (Lipinski definition) is 0.